The van der Waals surface area contributed by atoms with Crippen LogP contribution in [0.2, 0.25) is 0 Å². The monoisotopic (exact) mass is 376 g/mol. The van der Waals surface area contributed by atoms with Crippen molar-refractivity contribution >= 4 is 29.2 Å². The molecule has 6 heteroatoms. The molecule has 1 aliphatic heterocycles. The maximum Gasteiger partial charge on any atom is 0.279 e. The zero-order valence-electron chi connectivity index (χ0n) is 16.2. The number of anilines is 2. The van der Waals surface area contributed by atoms with Gasteiger partial charge in [-0.1, -0.05) is 24.3 Å². The van der Waals surface area contributed by atoms with Crippen LogP contribution in [0.3, 0.4) is 0 Å². The maximum absolute atomic E-state index is 12.7. The van der Waals surface area contributed by atoms with E-state index in [1.807, 2.05) is 30.3 Å². The van der Waals surface area contributed by atoms with E-state index in [0.29, 0.717) is 12.1 Å². The van der Waals surface area contributed by atoms with E-state index in [4.69, 9.17) is 0 Å². The van der Waals surface area contributed by atoms with Crippen molar-refractivity contribution in [2.45, 2.75) is 13.8 Å². The summed E-state index contributed by atoms with van der Waals surface area (Å²) in [6.07, 6.45) is 3.14. The fourth-order valence-electron chi connectivity index (χ4n) is 3.24. The number of para-hydroxylation sites is 1. The van der Waals surface area contributed by atoms with Gasteiger partial charge in [-0.05, 0) is 32.0 Å². The van der Waals surface area contributed by atoms with Crippen molar-refractivity contribution in [3.63, 3.8) is 0 Å². The molecule has 144 valence electrons. The van der Waals surface area contributed by atoms with Crippen LogP contribution < -0.4 is 9.80 Å². The van der Waals surface area contributed by atoms with Crippen LogP contribution in [0.15, 0.2) is 65.3 Å². The highest BCUT2D eigenvalue weighted by Gasteiger charge is 2.32. The average molecular weight is 376 g/mol. The van der Waals surface area contributed by atoms with Crippen molar-refractivity contribution in [3.05, 3.63) is 66.2 Å². The van der Waals surface area contributed by atoms with Crippen LogP contribution >= 0.6 is 0 Å². The molecular weight excluding hydrogens is 352 g/mol. The fraction of sp³-hybridized carbons (Fsp3) is 0.227. The lowest BCUT2D eigenvalue weighted by Crippen LogP contribution is -2.30. The number of nitrogens with zero attached hydrogens (tertiary/aromatic N) is 4. The van der Waals surface area contributed by atoms with Gasteiger partial charge in [0.25, 0.3) is 5.91 Å². The summed E-state index contributed by atoms with van der Waals surface area (Å²) in [7, 11) is 0. The van der Waals surface area contributed by atoms with E-state index in [-0.39, 0.29) is 17.4 Å². The summed E-state index contributed by atoms with van der Waals surface area (Å²) in [6.45, 7) is 9.97. The van der Waals surface area contributed by atoms with Crippen LogP contribution in [0.1, 0.15) is 25.0 Å². The second-order valence-electron chi connectivity index (χ2n) is 6.33. The molecule has 0 unspecified atom stereocenters. The third kappa shape index (κ3) is 3.67. The number of phenols is 1. The van der Waals surface area contributed by atoms with Crippen LogP contribution in [-0.4, -0.2) is 42.6 Å². The first-order valence-corrected chi connectivity index (χ1v) is 9.31. The summed E-state index contributed by atoms with van der Waals surface area (Å²) in [5.41, 5.74) is 3.32. The zero-order valence-corrected chi connectivity index (χ0v) is 16.2. The third-order valence-electron chi connectivity index (χ3n) is 4.71. The largest absolute Gasteiger partial charge is 0.507 e. The van der Waals surface area contributed by atoms with Crippen molar-refractivity contribution in [3.8, 4) is 5.75 Å². The Morgan fingerprint density at radius 3 is 2.61 bits per heavy atom. The van der Waals surface area contributed by atoms with E-state index in [2.05, 4.69) is 35.5 Å². The summed E-state index contributed by atoms with van der Waals surface area (Å²) in [6, 6.07) is 12.9. The molecule has 3 rings (SSSR count). The van der Waals surface area contributed by atoms with Crippen LogP contribution in [0.5, 0.6) is 5.75 Å². The molecule has 0 saturated carbocycles. The Balaban J connectivity index is 1.86. The molecular formula is C22H24N4O2. The van der Waals surface area contributed by atoms with Gasteiger partial charge in [-0.25, -0.2) is 0 Å². The number of amides is 1. The van der Waals surface area contributed by atoms with E-state index in [1.54, 1.807) is 23.1 Å². The Bertz CT molecular complexity index is 945. The van der Waals surface area contributed by atoms with Crippen molar-refractivity contribution in [1.29, 1.82) is 0 Å². The van der Waals surface area contributed by atoms with E-state index < -0.39 is 0 Å². The maximum atomic E-state index is 12.7. The number of carbonyl (C=O) groups excluding carboxylic acids is 1. The normalized spacial score (nSPS) is 14.7. The van der Waals surface area contributed by atoms with Crippen molar-refractivity contribution in [2.75, 3.05) is 29.4 Å². The highest BCUT2D eigenvalue weighted by Crippen LogP contribution is 2.29. The predicted molar refractivity (Wildman–Crippen MR) is 115 cm³/mol. The van der Waals surface area contributed by atoms with Gasteiger partial charge < -0.3 is 14.9 Å². The molecule has 0 atom stereocenters. The molecule has 1 heterocycles. The van der Waals surface area contributed by atoms with Gasteiger partial charge in [0.15, 0.2) is 5.71 Å². The van der Waals surface area contributed by atoms with Gasteiger partial charge >= 0.3 is 0 Å². The Morgan fingerprint density at radius 2 is 1.93 bits per heavy atom. The molecule has 1 amide bonds. The first kappa shape index (κ1) is 19.4. The van der Waals surface area contributed by atoms with Gasteiger partial charge in [-0.15, -0.1) is 11.7 Å². The number of aromatic hydroxyl groups is 1. The Morgan fingerprint density at radius 1 is 1.18 bits per heavy atom. The van der Waals surface area contributed by atoms with Crippen molar-refractivity contribution in [1.82, 2.24) is 0 Å². The number of fused-ring (bicyclic) bond motifs is 1. The molecule has 1 N–H and O–H groups in total. The van der Waals surface area contributed by atoms with Crippen LogP contribution in [0.25, 0.3) is 0 Å². The SMILES string of the molecule is C=CCN1C(=O)/C(=N\N=C\c2ccc(N(CC)CC)cc2O)c2ccccc21. The topological polar surface area (TPSA) is 68.5 Å². The molecule has 0 fully saturated rings. The van der Waals surface area contributed by atoms with Gasteiger partial charge in [0.1, 0.15) is 5.75 Å². The van der Waals surface area contributed by atoms with Gasteiger partial charge in [0, 0.05) is 42.5 Å². The molecule has 28 heavy (non-hydrogen) atoms. The predicted octanol–water partition coefficient (Wildman–Crippen LogP) is 3.59. The van der Waals surface area contributed by atoms with E-state index in [1.165, 1.54) is 6.21 Å². The highest BCUT2D eigenvalue weighted by atomic mass is 16.3. The summed E-state index contributed by atoms with van der Waals surface area (Å²) >= 11 is 0. The number of hydrogen-bond donors (Lipinski definition) is 1. The van der Waals surface area contributed by atoms with Gasteiger partial charge in [-0.3, -0.25) is 4.79 Å². The highest BCUT2D eigenvalue weighted by molar-refractivity contribution is 6.54. The molecule has 6 nitrogen and oxygen atoms in total. The number of phenolic OH excluding ortho intramolecular Hbond substituents is 1. The van der Waals surface area contributed by atoms with Crippen LogP contribution in [-0.2, 0) is 4.79 Å². The zero-order chi connectivity index (χ0) is 20.1. The van der Waals surface area contributed by atoms with E-state index in [0.717, 1.165) is 30.0 Å². The lowest BCUT2D eigenvalue weighted by Gasteiger charge is -2.21. The van der Waals surface area contributed by atoms with Gasteiger partial charge in [-0.2, -0.15) is 5.10 Å². The molecule has 0 bridgehead atoms. The summed E-state index contributed by atoms with van der Waals surface area (Å²) < 4.78 is 0. The molecule has 0 spiro atoms. The molecule has 2 aromatic carbocycles. The van der Waals surface area contributed by atoms with Crippen molar-refractivity contribution < 1.29 is 9.90 Å². The Kier molecular flexibility index (Phi) is 5.89. The third-order valence-corrected chi connectivity index (χ3v) is 4.71. The second kappa shape index (κ2) is 8.52. The first-order valence-electron chi connectivity index (χ1n) is 9.31. The Hall–Kier alpha value is -3.41. The minimum absolute atomic E-state index is 0.125. The van der Waals surface area contributed by atoms with E-state index in [9.17, 15) is 9.90 Å². The van der Waals surface area contributed by atoms with Crippen LogP contribution in [0.4, 0.5) is 11.4 Å². The van der Waals surface area contributed by atoms with E-state index >= 15 is 0 Å². The van der Waals surface area contributed by atoms with Crippen molar-refractivity contribution in [2.24, 2.45) is 10.2 Å². The fourth-order valence-corrected chi connectivity index (χ4v) is 3.24. The standard InChI is InChI=1S/C22H24N4O2/c1-4-13-26-19-10-8-7-9-18(19)21(22(26)28)24-23-15-16-11-12-17(14-20(16)27)25(5-2)6-3/h4,7-12,14-15,27H,1,5-6,13H2,2-3H3/b23-15+,24-21-. The van der Waals surface area contributed by atoms with Gasteiger partial charge in [0.2, 0.25) is 0 Å². The summed E-state index contributed by atoms with van der Waals surface area (Å²) in [4.78, 5) is 16.4. The number of hydrogen-bond acceptors (Lipinski definition) is 5. The molecule has 0 radical (unpaired) electrons. The Labute approximate surface area is 165 Å². The lowest BCUT2D eigenvalue weighted by molar-refractivity contribution is -0.112. The first-order chi connectivity index (χ1) is 13.6. The molecule has 2 aromatic rings. The molecule has 0 aliphatic carbocycles. The quantitative estimate of drug-likeness (QED) is 0.456. The number of rotatable bonds is 7. The minimum Gasteiger partial charge on any atom is -0.507 e. The number of benzene rings is 2. The second-order valence-corrected chi connectivity index (χ2v) is 6.33. The molecule has 0 aromatic heterocycles. The molecule has 1 aliphatic rings. The average Bonchev–Trinajstić information content (AvgIpc) is 2.97. The smallest absolute Gasteiger partial charge is 0.279 e. The summed E-state index contributed by atoms with van der Waals surface area (Å²) in [5.74, 6) is -0.0841. The van der Waals surface area contributed by atoms with Crippen LogP contribution in [0, 0.1) is 0 Å². The van der Waals surface area contributed by atoms with Gasteiger partial charge in [0.05, 0.1) is 11.9 Å². The summed E-state index contributed by atoms with van der Waals surface area (Å²) in [5, 5.41) is 18.5. The number of carbonyl (C=O) groups is 1. The lowest BCUT2D eigenvalue weighted by atomic mass is 10.1. The molecule has 0 saturated heterocycles. The minimum atomic E-state index is -0.209.